The van der Waals surface area contributed by atoms with Gasteiger partial charge in [0.2, 0.25) is 0 Å². The smallest absolute Gasteiger partial charge is 0.408 e. The zero-order valence-corrected chi connectivity index (χ0v) is 11.8. The highest BCUT2D eigenvalue weighted by Crippen LogP contribution is 2.20. The van der Waals surface area contributed by atoms with Gasteiger partial charge in [-0.25, -0.2) is 13.2 Å². The molecule has 2 N–H and O–H groups in total. The van der Waals surface area contributed by atoms with E-state index in [1.165, 1.54) is 42.5 Å². The molecule has 110 valence electrons. The maximum Gasteiger partial charge on any atom is 0.417 e. The summed E-state index contributed by atoms with van der Waals surface area (Å²) in [5, 5.41) is 8.71. The number of sulfonamides is 1. The number of hydrogen-bond donors (Lipinski definition) is 2. The monoisotopic (exact) mass is 315 g/mol. The van der Waals surface area contributed by atoms with E-state index in [2.05, 4.69) is 9.71 Å². The maximum atomic E-state index is 12.3. The molecule has 0 spiro atoms. The van der Waals surface area contributed by atoms with Gasteiger partial charge in [0.1, 0.15) is 0 Å². The second-order valence-corrected chi connectivity index (χ2v) is 6.15. The fourth-order valence-electron chi connectivity index (χ4n) is 1.92. The van der Waals surface area contributed by atoms with E-state index in [0.717, 1.165) is 0 Å². The summed E-state index contributed by atoms with van der Waals surface area (Å²) < 4.78 is 31.8. The van der Waals surface area contributed by atoms with E-state index < -0.39 is 15.8 Å². The van der Waals surface area contributed by atoms with Crippen LogP contribution in [0.4, 0.5) is 5.69 Å². The first-order valence-electron chi connectivity index (χ1n) is 6.14. The third-order valence-corrected chi connectivity index (χ3v) is 4.35. The number of aromatic amines is 1. The Kier molecular flexibility index (Phi) is 3.19. The lowest BCUT2D eigenvalue weighted by molar-refractivity contribution is 0.554. The lowest BCUT2D eigenvalue weighted by Crippen LogP contribution is -2.12. The number of fused-ring (bicyclic) bond motifs is 1. The number of oxazole rings is 1. The van der Waals surface area contributed by atoms with Crippen molar-refractivity contribution >= 4 is 26.8 Å². The quantitative estimate of drug-likeness (QED) is 0.764. The van der Waals surface area contributed by atoms with Gasteiger partial charge >= 0.3 is 5.76 Å². The van der Waals surface area contributed by atoms with E-state index in [1.807, 2.05) is 6.07 Å². The molecule has 0 amide bonds. The van der Waals surface area contributed by atoms with Gasteiger partial charge in [0.15, 0.2) is 5.58 Å². The van der Waals surface area contributed by atoms with Crippen LogP contribution in [0.3, 0.4) is 0 Å². The van der Waals surface area contributed by atoms with Crippen molar-refractivity contribution in [2.24, 2.45) is 0 Å². The SMILES string of the molecule is N#Cc1ccc(NS(=O)(=O)c2ccc3[nH]c(=O)oc3c2)cc1. The van der Waals surface area contributed by atoms with Gasteiger partial charge in [0.25, 0.3) is 10.0 Å². The number of nitrogens with one attached hydrogen (secondary N) is 2. The van der Waals surface area contributed by atoms with Crippen molar-refractivity contribution in [3.8, 4) is 6.07 Å². The molecule has 22 heavy (non-hydrogen) atoms. The first-order chi connectivity index (χ1) is 10.5. The van der Waals surface area contributed by atoms with Crippen LogP contribution in [0.5, 0.6) is 0 Å². The molecule has 0 unspecified atom stereocenters. The standard InChI is InChI=1S/C14H9N3O4S/c15-8-9-1-3-10(4-2-9)17-22(19,20)11-5-6-12-13(7-11)21-14(18)16-12/h1-7,17H,(H,16,18). The van der Waals surface area contributed by atoms with Crippen molar-refractivity contribution in [3.63, 3.8) is 0 Å². The van der Waals surface area contributed by atoms with Crippen LogP contribution in [0.1, 0.15) is 5.56 Å². The summed E-state index contributed by atoms with van der Waals surface area (Å²) >= 11 is 0. The topological polar surface area (TPSA) is 116 Å². The first kappa shape index (κ1) is 13.9. The van der Waals surface area contributed by atoms with Gasteiger partial charge in [-0.3, -0.25) is 9.71 Å². The van der Waals surface area contributed by atoms with Crippen LogP contribution in [0.15, 0.2) is 56.6 Å². The second kappa shape index (κ2) is 5.05. The highest BCUT2D eigenvalue weighted by Gasteiger charge is 2.16. The molecular weight excluding hydrogens is 306 g/mol. The Morgan fingerprint density at radius 1 is 1.14 bits per heavy atom. The summed E-state index contributed by atoms with van der Waals surface area (Å²) in [4.78, 5) is 13.5. The van der Waals surface area contributed by atoms with E-state index in [1.54, 1.807) is 0 Å². The Balaban J connectivity index is 1.96. The van der Waals surface area contributed by atoms with Crippen molar-refractivity contribution in [3.05, 3.63) is 58.6 Å². The number of benzene rings is 2. The van der Waals surface area contributed by atoms with Gasteiger partial charge in [0, 0.05) is 11.8 Å². The van der Waals surface area contributed by atoms with E-state index in [4.69, 9.17) is 9.68 Å². The summed E-state index contributed by atoms with van der Waals surface area (Å²) in [6.45, 7) is 0. The van der Waals surface area contributed by atoms with E-state index in [0.29, 0.717) is 16.8 Å². The molecule has 7 nitrogen and oxygen atoms in total. The van der Waals surface area contributed by atoms with E-state index in [-0.39, 0.29) is 10.5 Å². The van der Waals surface area contributed by atoms with Gasteiger partial charge in [0.05, 0.1) is 22.0 Å². The molecule has 1 heterocycles. The molecule has 0 saturated carbocycles. The van der Waals surface area contributed by atoms with Crippen molar-refractivity contribution in [1.82, 2.24) is 4.98 Å². The van der Waals surface area contributed by atoms with Crippen LogP contribution >= 0.6 is 0 Å². The zero-order valence-electron chi connectivity index (χ0n) is 11.0. The average molecular weight is 315 g/mol. The molecule has 0 bridgehead atoms. The lowest BCUT2D eigenvalue weighted by atomic mass is 10.2. The Bertz CT molecular complexity index is 1040. The summed E-state index contributed by atoms with van der Waals surface area (Å²) in [5.74, 6) is -0.649. The number of rotatable bonds is 3. The Labute approximate surface area is 124 Å². The molecule has 2 aromatic carbocycles. The maximum absolute atomic E-state index is 12.3. The molecule has 0 aliphatic heterocycles. The third kappa shape index (κ3) is 2.57. The van der Waals surface area contributed by atoms with Gasteiger partial charge in [-0.1, -0.05) is 0 Å². The van der Waals surface area contributed by atoms with Crippen LogP contribution in [0, 0.1) is 11.3 Å². The Hall–Kier alpha value is -3.05. The summed E-state index contributed by atoms with van der Waals surface area (Å²) in [7, 11) is -3.82. The molecule has 1 aromatic heterocycles. The second-order valence-electron chi connectivity index (χ2n) is 4.47. The molecule has 0 aliphatic rings. The summed E-state index contributed by atoms with van der Waals surface area (Å²) in [6, 6.07) is 12.0. The van der Waals surface area contributed by atoms with Crippen LogP contribution in [0.25, 0.3) is 11.1 Å². The zero-order chi connectivity index (χ0) is 15.7. The molecule has 3 rings (SSSR count). The van der Waals surface area contributed by atoms with E-state index >= 15 is 0 Å². The number of aromatic nitrogens is 1. The lowest BCUT2D eigenvalue weighted by Gasteiger charge is -2.07. The van der Waals surface area contributed by atoms with Crippen molar-refractivity contribution in [1.29, 1.82) is 5.26 Å². The van der Waals surface area contributed by atoms with Crippen LogP contribution in [-0.4, -0.2) is 13.4 Å². The minimum absolute atomic E-state index is 0.0351. The molecule has 0 saturated heterocycles. The minimum Gasteiger partial charge on any atom is -0.408 e. The Morgan fingerprint density at radius 3 is 2.55 bits per heavy atom. The number of hydrogen-bond acceptors (Lipinski definition) is 5. The third-order valence-electron chi connectivity index (χ3n) is 2.97. The molecule has 0 aliphatic carbocycles. The number of nitrogens with zero attached hydrogens (tertiary/aromatic N) is 1. The Morgan fingerprint density at radius 2 is 1.86 bits per heavy atom. The number of H-pyrrole nitrogens is 1. The van der Waals surface area contributed by atoms with Crippen LogP contribution < -0.4 is 10.5 Å². The molecular formula is C14H9N3O4S. The molecule has 0 atom stereocenters. The molecule has 8 heteroatoms. The summed E-state index contributed by atoms with van der Waals surface area (Å²) in [5.41, 5.74) is 1.34. The summed E-state index contributed by atoms with van der Waals surface area (Å²) in [6.07, 6.45) is 0. The molecule has 0 radical (unpaired) electrons. The largest absolute Gasteiger partial charge is 0.417 e. The van der Waals surface area contributed by atoms with Crippen LogP contribution in [0.2, 0.25) is 0 Å². The minimum atomic E-state index is -3.82. The first-order valence-corrected chi connectivity index (χ1v) is 7.62. The van der Waals surface area contributed by atoms with Gasteiger partial charge < -0.3 is 4.42 Å². The predicted molar refractivity (Wildman–Crippen MR) is 78.8 cm³/mol. The van der Waals surface area contributed by atoms with Crippen LogP contribution in [-0.2, 0) is 10.0 Å². The highest BCUT2D eigenvalue weighted by atomic mass is 32.2. The normalized spacial score (nSPS) is 11.2. The van der Waals surface area contributed by atoms with Crippen molar-refractivity contribution in [2.45, 2.75) is 4.90 Å². The average Bonchev–Trinajstić information content (AvgIpc) is 2.86. The van der Waals surface area contributed by atoms with Crippen molar-refractivity contribution in [2.75, 3.05) is 4.72 Å². The van der Waals surface area contributed by atoms with E-state index in [9.17, 15) is 13.2 Å². The van der Waals surface area contributed by atoms with Gasteiger partial charge in [-0.2, -0.15) is 5.26 Å². The highest BCUT2D eigenvalue weighted by molar-refractivity contribution is 7.92. The predicted octanol–water partition coefficient (Wildman–Crippen LogP) is 1.79. The molecule has 3 aromatic rings. The fourth-order valence-corrected chi connectivity index (χ4v) is 2.99. The van der Waals surface area contributed by atoms with Crippen molar-refractivity contribution < 1.29 is 12.8 Å². The number of anilines is 1. The van der Waals surface area contributed by atoms with Gasteiger partial charge in [-0.05, 0) is 36.4 Å². The fraction of sp³-hybridized carbons (Fsp3) is 0. The molecule has 0 fully saturated rings. The van der Waals surface area contributed by atoms with Gasteiger partial charge in [-0.15, -0.1) is 0 Å². The number of nitriles is 1.